The molecule has 1 amide bonds. The van der Waals surface area contributed by atoms with E-state index in [9.17, 15) is 18.0 Å². The molecule has 27 heavy (non-hydrogen) atoms. The largest absolute Gasteiger partial charge is 0.416 e. The summed E-state index contributed by atoms with van der Waals surface area (Å²) in [7, 11) is 1.80. The van der Waals surface area contributed by atoms with Crippen LogP contribution in [-0.2, 0) is 24.4 Å². The smallest absolute Gasteiger partial charge is 0.338 e. The predicted octanol–water partition coefficient (Wildman–Crippen LogP) is 2.13. The molecule has 0 radical (unpaired) electrons. The van der Waals surface area contributed by atoms with Gasteiger partial charge < -0.3 is 15.6 Å². The molecule has 0 saturated carbocycles. The Kier molecular flexibility index (Phi) is 5.00. The molecule has 10 heteroatoms. The molecule has 3 rings (SSSR count). The number of alkyl halides is 3. The van der Waals surface area contributed by atoms with Crippen molar-refractivity contribution in [2.75, 3.05) is 5.32 Å². The van der Waals surface area contributed by atoms with Crippen LogP contribution in [0.15, 0.2) is 49.1 Å². The third kappa shape index (κ3) is 4.34. The van der Waals surface area contributed by atoms with Gasteiger partial charge in [0.1, 0.15) is 5.82 Å². The number of hydrogen-bond acceptors (Lipinski definition) is 4. The zero-order valence-electron chi connectivity index (χ0n) is 14.3. The van der Waals surface area contributed by atoms with Crippen molar-refractivity contribution in [3.8, 4) is 5.69 Å². The van der Waals surface area contributed by atoms with Gasteiger partial charge in [0.2, 0.25) is 5.91 Å². The standard InChI is InChI=1S/C17H17F3N6O/c1-25-6-5-22-15(25)8-14(21)16(27)24-12-9-23-26(10-12)13-4-2-3-11(7-13)17(18,19)20/h2-7,9-10,14H,8,21H2,1H3,(H,24,27). The summed E-state index contributed by atoms with van der Waals surface area (Å²) in [5.41, 5.74) is 5.66. The lowest BCUT2D eigenvalue weighted by Gasteiger charge is -2.11. The van der Waals surface area contributed by atoms with E-state index in [1.807, 2.05) is 0 Å². The number of carbonyl (C=O) groups excluding carboxylic acids is 1. The highest BCUT2D eigenvalue weighted by Crippen LogP contribution is 2.30. The first-order valence-electron chi connectivity index (χ1n) is 7.99. The quantitative estimate of drug-likeness (QED) is 0.712. The lowest BCUT2D eigenvalue weighted by atomic mass is 10.2. The van der Waals surface area contributed by atoms with Gasteiger partial charge in [-0.15, -0.1) is 0 Å². The molecular weight excluding hydrogens is 361 g/mol. The first-order chi connectivity index (χ1) is 12.7. The second kappa shape index (κ2) is 7.23. The average molecular weight is 378 g/mol. The van der Waals surface area contributed by atoms with Crippen molar-refractivity contribution in [1.82, 2.24) is 19.3 Å². The van der Waals surface area contributed by atoms with Crippen molar-refractivity contribution in [3.05, 3.63) is 60.4 Å². The van der Waals surface area contributed by atoms with Crippen molar-refractivity contribution in [2.24, 2.45) is 12.8 Å². The Morgan fingerprint density at radius 1 is 1.37 bits per heavy atom. The van der Waals surface area contributed by atoms with Crippen molar-refractivity contribution in [1.29, 1.82) is 0 Å². The molecule has 0 saturated heterocycles. The van der Waals surface area contributed by atoms with Gasteiger partial charge >= 0.3 is 6.18 Å². The normalized spacial score (nSPS) is 12.8. The van der Waals surface area contributed by atoms with Crippen molar-refractivity contribution < 1.29 is 18.0 Å². The number of nitrogens with zero attached hydrogens (tertiary/aromatic N) is 4. The topological polar surface area (TPSA) is 90.8 Å². The summed E-state index contributed by atoms with van der Waals surface area (Å²) < 4.78 is 41.5. The number of nitrogens with two attached hydrogens (primary N) is 1. The maximum Gasteiger partial charge on any atom is 0.416 e. The van der Waals surface area contributed by atoms with Crippen LogP contribution in [0.2, 0.25) is 0 Å². The highest BCUT2D eigenvalue weighted by Gasteiger charge is 2.30. The van der Waals surface area contributed by atoms with E-state index in [-0.39, 0.29) is 12.1 Å². The molecule has 1 atom stereocenters. The highest BCUT2D eigenvalue weighted by atomic mass is 19.4. The van der Waals surface area contributed by atoms with Gasteiger partial charge in [0.25, 0.3) is 0 Å². The Labute approximate surface area is 152 Å². The fourth-order valence-corrected chi connectivity index (χ4v) is 2.47. The fraction of sp³-hybridized carbons (Fsp3) is 0.235. The molecule has 0 fully saturated rings. The molecule has 2 heterocycles. The molecule has 7 nitrogen and oxygen atoms in total. The Bertz CT molecular complexity index is 946. The number of aryl methyl sites for hydroxylation is 1. The van der Waals surface area contributed by atoms with E-state index in [1.54, 1.807) is 24.0 Å². The van der Waals surface area contributed by atoms with Gasteiger partial charge in [-0.1, -0.05) is 6.07 Å². The first kappa shape index (κ1) is 18.6. The summed E-state index contributed by atoms with van der Waals surface area (Å²) in [6.45, 7) is 0. The van der Waals surface area contributed by atoms with Crippen LogP contribution in [0.3, 0.4) is 0 Å². The lowest BCUT2D eigenvalue weighted by molar-refractivity contribution is -0.137. The SMILES string of the molecule is Cn1ccnc1CC(N)C(=O)Nc1cnn(-c2cccc(C(F)(F)F)c2)c1. The van der Waals surface area contributed by atoms with Crippen LogP contribution in [0.4, 0.5) is 18.9 Å². The van der Waals surface area contributed by atoms with Crippen molar-refractivity contribution in [3.63, 3.8) is 0 Å². The Balaban J connectivity index is 1.69. The molecule has 3 N–H and O–H groups in total. The second-order valence-corrected chi connectivity index (χ2v) is 5.98. The molecule has 0 spiro atoms. The number of aromatic nitrogens is 4. The Morgan fingerprint density at radius 3 is 2.81 bits per heavy atom. The average Bonchev–Trinajstić information content (AvgIpc) is 3.24. The van der Waals surface area contributed by atoms with Crippen molar-refractivity contribution >= 4 is 11.6 Å². The third-order valence-corrected chi connectivity index (χ3v) is 3.95. The monoisotopic (exact) mass is 378 g/mol. The number of nitrogens with one attached hydrogen (secondary N) is 1. The van der Waals surface area contributed by atoms with Gasteiger partial charge in [0.15, 0.2) is 0 Å². The number of carbonyl (C=O) groups is 1. The fourth-order valence-electron chi connectivity index (χ4n) is 2.47. The van der Waals surface area contributed by atoms with E-state index in [2.05, 4.69) is 15.4 Å². The summed E-state index contributed by atoms with van der Waals surface area (Å²) in [5, 5.41) is 6.59. The lowest BCUT2D eigenvalue weighted by Crippen LogP contribution is -2.38. The number of amides is 1. The maximum atomic E-state index is 12.8. The van der Waals surface area contributed by atoms with Crippen LogP contribution in [-0.4, -0.2) is 31.3 Å². The Hall–Kier alpha value is -3.14. The zero-order chi connectivity index (χ0) is 19.6. The van der Waals surface area contributed by atoms with E-state index in [4.69, 9.17) is 5.73 Å². The molecule has 0 aliphatic rings. The van der Waals surface area contributed by atoms with Gasteiger partial charge in [0.05, 0.1) is 35.4 Å². The summed E-state index contributed by atoms with van der Waals surface area (Å²) in [6, 6.07) is 3.90. The number of imidazole rings is 1. The van der Waals surface area contributed by atoms with Gasteiger partial charge in [0, 0.05) is 25.9 Å². The minimum atomic E-state index is -4.45. The van der Waals surface area contributed by atoms with Gasteiger partial charge in [-0.2, -0.15) is 18.3 Å². The molecule has 3 aromatic rings. The summed E-state index contributed by atoms with van der Waals surface area (Å²) in [4.78, 5) is 16.3. The molecule has 0 aliphatic carbocycles. The zero-order valence-corrected chi connectivity index (χ0v) is 14.3. The van der Waals surface area contributed by atoms with Gasteiger partial charge in [-0.3, -0.25) is 4.79 Å². The van der Waals surface area contributed by atoms with E-state index in [1.165, 1.54) is 29.2 Å². The van der Waals surface area contributed by atoms with Crippen LogP contribution < -0.4 is 11.1 Å². The number of anilines is 1. The van der Waals surface area contributed by atoms with Crippen molar-refractivity contribution in [2.45, 2.75) is 18.6 Å². The van der Waals surface area contributed by atoms with Crippen LogP contribution >= 0.6 is 0 Å². The number of hydrogen-bond donors (Lipinski definition) is 2. The van der Waals surface area contributed by atoms with Crippen LogP contribution in [0.1, 0.15) is 11.4 Å². The first-order valence-corrected chi connectivity index (χ1v) is 7.99. The molecule has 1 aromatic carbocycles. The molecule has 1 unspecified atom stereocenters. The minimum Gasteiger partial charge on any atom is -0.338 e. The molecule has 0 bridgehead atoms. The Morgan fingerprint density at radius 2 is 2.15 bits per heavy atom. The molecular formula is C17H17F3N6O. The number of rotatable bonds is 5. The summed E-state index contributed by atoms with van der Waals surface area (Å²) in [6.07, 6.45) is 1.92. The summed E-state index contributed by atoms with van der Waals surface area (Å²) in [5.74, 6) is 0.221. The van der Waals surface area contributed by atoms with E-state index in [0.29, 0.717) is 11.5 Å². The van der Waals surface area contributed by atoms with Crippen LogP contribution in [0, 0.1) is 0 Å². The minimum absolute atomic E-state index is 0.225. The third-order valence-electron chi connectivity index (χ3n) is 3.95. The molecule has 0 aliphatic heterocycles. The van der Waals surface area contributed by atoms with E-state index >= 15 is 0 Å². The second-order valence-electron chi connectivity index (χ2n) is 5.98. The maximum absolute atomic E-state index is 12.8. The van der Waals surface area contributed by atoms with Crippen LogP contribution in [0.5, 0.6) is 0 Å². The number of benzene rings is 1. The predicted molar refractivity (Wildman–Crippen MR) is 92.1 cm³/mol. The highest BCUT2D eigenvalue weighted by molar-refractivity contribution is 5.94. The molecule has 2 aromatic heterocycles. The number of halogens is 3. The van der Waals surface area contributed by atoms with E-state index < -0.39 is 23.7 Å². The van der Waals surface area contributed by atoms with E-state index in [0.717, 1.165) is 12.1 Å². The van der Waals surface area contributed by atoms with Gasteiger partial charge in [-0.25, -0.2) is 9.67 Å². The van der Waals surface area contributed by atoms with Crippen LogP contribution in [0.25, 0.3) is 5.69 Å². The molecule has 142 valence electrons. The summed E-state index contributed by atoms with van der Waals surface area (Å²) >= 11 is 0. The van der Waals surface area contributed by atoms with Gasteiger partial charge in [-0.05, 0) is 18.2 Å².